The summed E-state index contributed by atoms with van der Waals surface area (Å²) in [7, 11) is 0. The molecule has 0 unspecified atom stereocenters. The quantitative estimate of drug-likeness (QED) is 0.137. The van der Waals surface area contributed by atoms with Crippen molar-refractivity contribution in [2.24, 2.45) is 0 Å². The first-order valence-electron chi connectivity index (χ1n) is 27.3. The van der Waals surface area contributed by atoms with E-state index in [0.717, 1.165) is 71.9 Å². The third kappa shape index (κ3) is 8.49. The van der Waals surface area contributed by atoms with E-state index in [1.165, 1.54) is 55.4 Å². The SMILES string of the molecule is C1=C(c2nc(-c3ccccc3)nc(-c3ccc4c(c3)oc3ccccc34)n2)C[C@H](c2ccc(-c3ccccc3)cc2)C(n2c3ccc(-c4ccccc4)cc3c3cc(-c4ccccc4)ccc32)=C1c1ccc(-c2ccccc2)cc1. The number of furan rings is 1. The van der Waals surface area contributed by atoms with Crippen molar-refractivity contribution in [2.45, 2.75) is 12.3 Å². The Morgan fingerprint density at radius 2 is 0.725 bits per heavy atom. The lowest BCUT2D eigenvalue weighted by Crippen LogP contribution is -2.16. The van der Waals surface area contributed by atoms with Gasteiger partial charge in [0.25, 0.3) is 0 Å². The van der Waals surface area contributed by atoms with Gasteiger partial charge in [-0.05, 0) is 116 Å². The average Bonchev–Trinajstić information content (AvgIpc) is 4.20. The lowest BCUT2D eigenvalue weighted by molar-refractivity contribution is 0.669. The van der Waals surface area contributed by atoms with Gasteiger partial charge in [-0.2, -0.15) is 0 Å². The van der Waals surface area contributed by atoms with Gasteiger partial charge in [-0.3, -0.25) is 0 Å². The van der Waals surface area contributed by atoms with Gasteiger partial charge in [0.2, 0.25) is 0 Å². The lowest BCUT2D eigenvalue weighted by Gasteiger charge is -2.31. The second-order valence-electron chi connectivity index (χ2n) is 20.7. The Morgan fingerprint density at radius 3 is 1.29 bits per heavy atom. The fraction of sp³-hybridized carbons (Fsp3) is 0.0267. The van der Waals surface area contributed by atoms with Crippen LogP contribution in [0.2, 0.25) is 0 Å². The van der Waals surface area contributed by atoms with Gasteiger partial charge in [0.15, 0.2) is 17.5 Å². The van der Waals surface area contributed by atoms with Gasteiger partial charge in [0.1, 0.15) is 11.2 Å². The van der Waals surface area contributed by atoms with Crippen LogP contribution in [0.5, 0.6) is 0 Å². The molecule has 0 N–H and O–H groups in total. The number of aromatic nitrogens is 4. The van der Waals surface area contributed by atoms with Crippen LogP contribution in [-0.4, -0.2) is 19.5 Å². The molecule has 1 atom stereocenters. The number of nitrogens with zero attached hydrogens (tertiary/aromatic N) is 4. The van der Waals surface area contributed by atoms with E-state index in [2.05, 4.69) is 259 Å². The van der Waals surface area contributed by atoms with Crippen LogP contribution in [0.3, 0.4) is 0 Å². The topological polar surface area (TPSA) is 56.7 Å². The molecule has 3 heterocycles. The summed E-state index contributed by atoms with van der Waals surface area (Å²) in [6.45, 7) is 0. The van der Waals surface area contributed by atoms with Crippen molar-refractivity contribution in [2.75, 3.05) is 0 Å². The van der Waals surface area contributed by atoms with Gasteiger partial charge in [-0.25, -0.2) is 15.0 Å². The summed E-state index contributed by atoms with van der Waals surface area (Å²) in [5.41, 5.74) is 20.6. The molecule has 0 fully saturated rings. The first-order valence-corrected chi connectivity index (χ1v) is 27.3. The van der Waals surface area contributed by atoms with Crippen molar-refractivity contribution >= 4 is 60.6 Å². The van der Waals surface area contributed by atoms with E-state index < -0.39 is 0 Å². The van der Waals surface area contributed by atoms with Crippen molar-refractivity contribution in [1.82, 2.24) is 19.5 Å². The van der Waals surface area contributed by atoms with E-state index in [4.69, 9.17) is 19.4 Å². The number of benzene rings is 11. The third-order valence-electron chi connectivity index (χ3n) is 15.9. The molecule has 0 spiro atoms. The summed E-state index contributed by atoms with van der Waals surface area (Å²) in [6.07, 6.45) is 2.98. The van der Waals surface area contributed by atoms with Gasteiger partial charge in [0.05, 0.1) is 11.0 Å². The highest BCUT2D eigenvalue weighted by molar-refractivity contribution is 6.15. The molecule has 0 radical (unpaired) electrons. The fourth-order valence-corrected chi connectivity index (χ4v) is 11.9. The number of hydrogen-bond acceptors (Lipinski definition) is 4. The molecule has 0 saturated heterocycles. The summed E-state index contributed by atoms with van der Waals surface area (Å²) >= 11 is 0. The maximum atomic E-state index is 6.45. The molecule has 80 heavy (non-hydrogen) atoms. The molecule has 15 rings (SSSR count). The summed E-state index contributed by atoms with van der Waals surface area (Å²) in [5, 5.41) is 4.51. The van der Waals surface area contributed by atoms with Crippen LogP contribution >= 0.6 is 0 Å². The van der Waals surface area contributed by atoms with Crippen LogP contribution < -0.4 is 0 Å². The fourth-order valence-electron chi connectivity index (χ4n) is 11.9. The molecule has 0 aliphatic heterocycles. The second kappa shape index (κ2) is 19.8. The van der Waals surface area contributed by atoms with E-state index >= 15 is 0 Å². The van der Waals surface area contributed by atoms with E-state index in [1.54, 1.807) is 0 Å². The second-order valence-corrected chi connectivity index (χ2v) is 20.7. The monoisotopic (exact) mass is 1020 g/mol. The Kier molecular flexibility index (Phi) is 11.6. The highest BCUT2D eigenvalue weighted by Gasteiger charge is 2.32. The van der Waals surface area contributed by atoms with Gasteiger partial charge in [-0.15, -0.1) is 0 Å². The molecule has 3 aromatic heterocycles. The highest BCUT2D eigenvalue weighted by Crippen LogP contribution is 2.50. The smallest absolute Gasteiger partial charge is 0.164 e. The van der Waals surface area contributed by atoms with Crippen molar-refractivity contribution < 1.29 is 4.42 Å². The molecule has 5 nitrogen and oxygen atoms in total. The lowest BCUT2D eigenvalue weighted by atomic mass is 9.79. The van der Waals surface area contributed by atoms with Gasteiger partial charge < -0.3 is 8.98 Å². The maximum absolute atomic E-state index is 6.45. The number of para-hydroxylation sites is 1. The molecule has 0 saturated carbocycles. The zero-order valence-corrected chi connectivity index (χ0v) is 43.6. The molecular formula is C75H50N4O. The zero-order chi connectivity index (χ0) is 52.9. The van der Waals surface area contributed by atoms with E-state index in [1.807, 2.05) is 30.3 Å². The minimum absolute atomic E-state index is 0.169. The van der Waals surface area contributed by atoms with Crippen molar-refractivity contribution in [3.8, 4) is 67.3 Å². The Balaban J connectivity index is 1.01. The highest BCUT2D eigenvalue weighted by atomic mass is 16.3. The largest absolute Gasteiger partial charge is 0.456 e. The van der Waals surface area contributed by atoms with Crippen LogP contribution in [0.15, 0.2) is 290 Å². The van der Waals surface area contributed by atoms with Crippen LogP contribution in [0.4, 0.5) is 0 Å². The van der Waals surface area contributed by atoms with Crippen LogP contribution in [-0.2, 0) is 0 Å². The van der Waals surface area contributed by atoms with Crippen molar-refractivity contribution in [3.05, 3.63) is 302 Å². The Hall–Kier alpha value is -10.5. The number of hydrogen-bond donors (Lipinski definition) is 0. The van der Waals surface area contributed by atoms with E-state index in [0.29, 0.717) is 23.9 Å². The maximum Gasteiger partial charge on any atom is 0.164 e. The molecule has 1 aliphatic carbocycles. The molecule has 376 valence electrons. The van der Waals surface area contributed by atoms with Gasteiger partial charge >= 0.3 is 0 Å². The summed E-state index contributed by atoms with van der Waals surface area (Å²) in [5.74, 6) is 1.64. The first-order chi connectivity index (χ1) is 39.6. The number of allylic oxidation sites excluding steroid dienone is 4. The molecule has 0 bridgehead atoms. The summed E-state index contributed by atoms with van der Waals surface area (Å²) < 4.78 is 9.01. The van der Waals surface area contributed by atoms with E-state index in [9.17, 15) is 0 Å². The molecular weight excluding hydrogens is 973 g/mol. The third-order valence-corrected chi connectivity index (χ3v) is 15.9. The standard InChI is InChI=1S/C75H50N4O/c1-6-18-49(19-7-1)53-30-34-55(35-31-53)64-46-61(75-77-73(57-26-14-5-15-27-57)76-74(78-75)60-38-41-63-62-28-16-17-29-70(62)80-71(63)48-60)47-65(56-36-32-54(33-37-56)50-20-8-2-9-21-50)72(64)79-68-42-39-58(51-22-10-3-11-23-51)44-66(68)67-45-59(40-43-69(67)79)52-24-12-4-13-25-52/h1-46,48,65H,47H2/t65-/m1/s1. The average molecular weight is 1020 g/mol. The number of fused-ring (bicyclic) bond motifs is 6. The van der Waals surface area contributed by atoms with Crippen LogP contribution in [0.1, 0.15) is 29.3 Å². The minimum Gasteiger partial charge on any atom is -0.456 e. The predicted molar refractivity (Wildman–Crippen MR) is 330 cm³/mol. The van der Waals surface area contributed by atoms with Crippen molar-refractivity contribution in [1.29, 1.82) is 0 Å². The Labute approximate surface area is 463 Å². The van der Waals surface area contributed by atoms with Crippen LogP contribution in [0.25, 0.3) is 128 Å². The minimum atomic E-state index is -0.169. The van der Waals surface area contributed by atoms with Crippen molar-refractivity contribution in [3.63, 3.8) is 0 Å². The van der Waals surface area contributed by atoms with Gasteiger partial charge in [0, 0.05) is 49.9 Å². The summed E-state index contributed by atoms with van der Waals surface area (Å²) in [4.78, 5) is 16.2. The molecule has 5 heteroatoms. The summed E-state index contributed by atoms with van der Waals surface area (Å²) in [6, 6.07) is 99.8. The van der Waals surface area contributed by atoms with E-state index in [-0.39, 0.29) is 5.92 Å². The first kappa shape index (κ1) is 46.8. The Bertz CT molecular complexity index is 4580. The molecule has 1 aliphatic rings. The molecule has 0 amide bonds. The Morgan fingerprint density at radius 1 is 0.312 bits per heavy atom. The normalized spacial score (nSPS) is 13.6. The molecule has 11 aromatic carbocycles. The van der Waals surface area contributed by atoms with Gasteiger partial charge in [-0.1, -0.05) is 237 Å². The zero-order valence-electron chi connectivity index (χ0n) is 43.6. The van der Waals surface area contributed by atoms with Crippen LogP contribution in [0, 0.1) is 0 Å². The molecule has 14 aromatic rings. The number of rotatable bonds is 10. The predicted octanol–water partition coefficient (Wildman–Crippen LogP) is 19.5.